The smallest absolute Gasteiger partial charge is 0.0553 e. The summed E-state index contributed by atoms with van der Waals surface area (Å²) in [5.41, 5.74) is 4.63. The molecule has 1 atom stereocenters. The lowest BCUT2D eigenvalue weighted by molar-refractivity contribution is 0.480. The van der Waals surface area contributed by atoms with Crippen molar-refractivity contribution in [3.8, 4) is 0 Å². The molecule has 1 aliphatic carbocycles. The fraction of sp³-hybridized carbons (Fsp3) is 0.778. The number of nitrogens with two attached hydrogens (primary N) is 1. The average molecular weight is 309 g/mol. The first-order valence-corrected chi connectivity index (χ1v) is 9.74. The van der Waals surface area contributed by atoms with E-state index in [4.69, 9.17) is 5.84 Å². The van der Waals surface area contributed by atoms with E-state index in [1.54, 1.807) is 10.4 Å². The van der Waals surface area contributed by atoms with Gasteiger partial charge in [-0.25, -0.2) is 0 Å². The van der Waals surface area contributed by atoms with Crippen molar-refractivity contribution in [2.24, 2.45) is 5.84 Å². The third-order valence-electron chi connectivity index (χ3n) is 4.66. The predicted octanol–water partition coefficient (Wildman–Crippen LogP) is 5.27. The lowest BCUT2D eigenvalue weighted by atomic mass is 10.0. The Bertz CT molecular complexity index is 378. The SMILES string of the molecule is CCCCCCCCCCC(NN)c1cc2c(s1)CCC2. The standard InChI is InChI=1S/C18H32N2S/c1-2-3-4-5-6-7-8-9-12-16(20-19)18-14-15-11-10-13-17(15)21-18/h14,16,20H,2-13,19H2,1H3. The molecule has 3 heteroatoms. The minimum absolute atomic E-state index is 0.376. The van der Waals surface area contributed by atoms with Gasteiger partial charge in [0.1, 0.15) is 0 Å². The van der Waals surface area contributed by atoms with Gasteiger partial charge in [-0.15, -0.1) is 11.3 Å². The molecule has 0 saturated heterocycles. The Balaban J connectivity index is 1.61. The lowest BCUT2D eigenvalue weighted by Crippen LogP contribution is -2.27. The molecule has 1 aromatic rings. The molecule has 2 nitrogen and oxygen atoms in total. The van der Waals surface area contributed by atoms with Crippen molar-refractivity contribution in [3.63, 3.8) is 0 Å². The molecule has 0 fully saturated rings. The van der Waals surface area contributed by atoms with Crippen LogP contribution < -0.4 is 11.3 Å². The van der Waals surface area contributed by atoms with Gasteiger partial charge >= 0.3 is 0 Å². The quantitative estimate of drug-likeness (QED) is 0.332. The Hall–Kier alpha value is -0.380. The number of unbranched alkanes of at least 4 members (excludes halogenated alkanes) is 7. The van der Waals surface area contributed by atoms with E-state index in [-0.39, 0.29) is 0 Å². The Kier molecular flexibility index (Phi) is 7.76. The van der Waals surface area contributed by atoms with E-state index in [0.29, 0.717) is 6.04 Å². The van der Waals surface area contributed by atoms with Gasteiger partial charge in [0.2, 0.25) is 0 Å². The zero-order valence-corrected chi connectivity index (χ0v) is 14.4. The highest BCUT2D eigenvalue weighted by molar-refractivity contribution is 7.12. The molecular formula is C18H32N2S. The summed E-state index contributed by atoms with van der Waals surface area (Å²) in [5, 5.41) is 0. The van der Waals surface area contributed by atoms with E-state index in [9.17, 15) is 0 Å². The third kappa shape index (κ3) is 5.39. The maximum Gasteiger partial charge on any atom is 0.0553 e. The minimum atomic E-state index is 0.376. The van der Waals surface area contributed by atoms with Crippen molar-refractivity contribution >= 4 is 11.3 Å². The van der Waals surface area contributed by atoms with Crippen molar-refractivity contribution in [1.29, 1.82) is 0 Å². The predicted molar refractivity (Wildman–Crippen MR) is 93.6 cm³/mol. The van der Waals surface area contributed by atoms with Crippen molar-refractivity contribution in [2.75, 3.05) is 0 Å². The van der Waals surface area contributed by atoms with Crippen LogP contribution in [0.25, 0.3) is 0 Å². The van der Waals surface area contributed by atoms with Gasteiger partial charge in [0.05, 0.1) is 6.04 Å². The Morgan fingerprint density at radius 1 is 1.10 bits per heavy atom. The molecule has 1 unspecified atom stereocenters. The van der Waals surface area contributed by atoms with Gasteiger partial charge in [-0.2, -0.15) is 0 Å². The van der Waals surface area contributed by atoms with Crippen LogP contribution in [0.2, 0.25) is 0 Å². The first-order chi connectivity index (χ1) is 10.3. The van der Waals surface area contributed by atoms with Crippen molar-refractivity contribution in [2.45, 2.75) is 90.0 Å². The minimum Gasteiger partial charge on any atom is -0.271 e. The molecule has 2 rings (SSSR count). The zero-order chi connectivity index (χ0) is 14.9. The molecule has 0 saturated carbocycles. The number of fused-ring (bicyclic) bond motifs is 1. The summed E-state index contributed by atoms with van der Waals surface area (Å²) in [6.07, 6.45) is 16.1. The van der Waals surface area contributed by atoms with E-state index < -0.39 is 0 Å². The molecule has 21 heavy (non-hydrogen) atoms. The van der Waals surface area contributed by atoms with Crippen molar-refractivity contribution < 1.29 is 0 Å². The molecule has 120 valence electrons. The van der Waals surface area contributed by atoms with E-state index >= 15 is 0 Å². The Labute approximate surface area is 134 Å². The van der Waals surface area contributed by atoms with Crippen LogP contribution >= 0.6 is 11.3 Å². The second kappa shape index (κ2) is 9.60. The van der Waals surface area contributed by atoms with Crippen molar-refractivity contribution in [3.05, 3.63) is 21.4 Å². The van der Waals surface area contributed by atoms with Gasteiger partial charge in [-0.05, 0) is 37.3 Å². The number of hydrazine groups is 1. The van der Waals surface area contributed by atoms with Crippen LogP contribution in [-0.4, -0.2) is 0 Å². The topological polar surface area (TPSA) is 38.0 Å². The van der Waals surface area contributed by atoms with Crippen LogP contribution in [0, 0.1) is 0 Å². The molecule has 1 aromatic heterocycles. The molecule has 1 aliphatic rings. The molecule has 3 N–H and O–H groups in total. The van der Waals surface area contributed by atoms with Gasteiger partial charge in [0.25, 0.3) is 0 Å². The van der Waals surface area contributed by atoms with E-state index in [2.05, 4.69) is 18.4 Å². The molecule has 0 bridgehead atoms. The highest BCUT2D eigenvalue weighted by atomic mass is 32.1. The fourth-order valence-corrected chi connectivity index (χ4v) is 4.67. The van der Waals surface area contributed by atoms with Crippen LogP contribution in [-0.2, 0) is 12.8 Å². The van der Waals surface area contributed by atoms with Gasteiger partial charge in [0.15, 0.2) is 0 Å². The molecule has 1 heterocycles. The molecule has 0 radical (unpaired) electrons. The number of nitrogens with one attached hydrogen (secondary N) is 1. The summed E-state index contributed by atoms with van der Waals surface area (Å²) >= 11 is 1.99. The summed E-state index contributed by atoms with van der Waals surface area (Å²) in [6.45, 7) is 2.28. The first-order valence-electron chi connectivity index (χ1n) is 8.92. The average Bonchev–Trinajstić information content (AvgIpc) is 3.07. The molecule has 0 aliphatic heterocycles. The second-order valence-corrected chi connectivity index (χ2v) is 7.60. The number of hydrogen-bond donors (Lipinski definition) is 2. The summed E-state index contributed by atoms with van der Waals surface area (Å²) in [6, 6.07) is 2.78. The maximum absolute atomic E-state index is 5.78. The highest BCUT2D eigenvalue weighted by Crippen LogP contribution is 2.35. The number of aryl methyl sites for hydroxylation is 2. The molecule has 0 amide bonds. The van der Waals surface area contributed by atoms with Crippen LogP contribution in [0.5, 0.6) is 0 Å². The third-order valence-corrected chi connectivity index (χ3v) is 6.01. The van der Waals surface area contributed by atoms with E-state index in [1.165, 1.54) is 81.9 Å². The van der Waals surface area contributed by atoms with Gasteiger partial charge in [0, 0.05) is 9.75 Å². The normalized spacial score (nSPS) is 15.3. The summed E-state index contributed by atoms with van der Waals surface area (Å²) in [5.74, 6) is 5.78. The van der Waals surface area contributed by atoms with Crippen LogP contribution in [0.3, 0.4) is 0 Å². The highest BCUT2D eigenvalue weighted by Gasteiger charge is 2.19. The zero-order valence-electron chi connectivity index (χ0n) is 13.6. The van der Waals surface area contributed by atoms with Gasteiger partial charge in [-0.1, -0.05) is 58.3 Å². The fourth-order valence-electron chi connectivity index (χ4n) is 3.31. The van der Waals surface area contributed by atoms with Crippen LogP contribution in [0.15, 0.2) is 6.07 Å². The van der Waals surface area contributed by atoms with Crippen molar-refractivity contribution in [1.82, 2.24) is 5.43 Å². The lowest BCUT2D eigenvalue weighted by Gasteiger charge is -2.14. The number of thiophene rings is 1. The molecule has 0 aromatic carbocycles. The van der Waals surface area contributed by atoms with Crippen LogP contribution in [0.4, 0.5) is 0 Å². The summed E-state index contributed by atoms with van der Waals surface area (Å²) < 4.78 is 0. The van der Waals surface area contributed by atoms with Crippen LogP contribution in [0.1, 0.15) is 92.5 Å². The monoisotopic (exact) mass is 308 g/mol. The van der Waals surface area contributed by atoms with E-state index in [1.807, 2.05) is 11.3 Å². The molecule has 0 spiro atoms. The first kappa shape index (κ1) is 17.0. The Morgan fingerprint density at radius 2 is 1.81 bits per heavy atom. The molecular weight excluding hydrogens is 276 g/mol. The largest absolute Gasteiger partial charge is 0.271 e. The summed E-state index contributed by atoms with van der Waals surface area (Å²) in [7, 11) is 0. The Morgan fingerprint density at radius 3 is 2.48 bits per heavy atom. The maximum atomic E-state index is 5.78. The van der Waals surface area contributed by atoms with E-state index in [0.717, 1.165) is 0 Å². The van der Waals surface area contributed by atoms with Gasteiger partial charge < -0.3 is 0 Å². The second-order valence-electron chi connectivity index (χ2n) is 6.43. The summed E-state index contributed by atoms with van der Waals surface area (Å²) in [4.78, 5) is 3.08. The number of hydrogen-bond acceptors (Lipinski definition) is 3. The number of rotatable bonds is 11. The van der Waals surface area contributed by atoms with Gasteiger partial charge in [-0.3, -0.25) is 11.3 Å².